The molecular formula is C22H22FN7OS. The summed E-state index contributed by atoms with van der Waals surface area (Å²) in [5.74, 6) is 0.990. The maximum Gasteiger partial charge on any atom is 0.229 e. The fourth-order valence-electron chi connectivity index (χ4n) is 3.54. The largest absolute Gasteiger partial charge is 0.404 e. The van der Waals surface area contributed by atoms with Gasteiger partial charge in [-0.3, -0.25) is 0 Å². The second-order valence-corrected chi connectivity index (χ2v) is 8.27. The van der Waals surface area contributed by atoms with E-state index < -0.39 is 5.82 Å². The van der Waals surface area contributed by atoms with Gasteiger partial charge in [0, 0.05) is 31.7 Å². The fourth-order valence-corrected chi connectivity index (χ4v) is 4.26. The second-order valence-electron chi connectivity index (χ2n) is 7.38. The lowest BCUT2D eigenvalue weighted by Gasteiger charge is -2.33. The number of aromatic nitrogens is 4. The number of anilines is 2. The summed E-state index contributed by atoms with van der Waals surface area (Å²) in [5, 5.41) is 4.98. The van der Waals surface area contributed by atoms with Crippen molar-refractivity contribution in [3.8, 4) is 17.0 Å². The number of thiazole rings is 1. The Kier molecular flexibility index (Phi) is 5.89. The van der Waals surface area contributed by atoms with Gasteiger partial charge in [-0.05, 0) is 30.8 Å². The van der Waals surface area contributed by atoms with Gasteiger partial charge in [-0.2, -0.15) is 0 Å². The third-order valence-electron chi connectivity index (χ3n) is 5.34. The Morgan fingerprint density at radius 2 is 1.94 bits per heavy atom. The monoisotopic (exact) mass is 451 g/mol. The molecule has 1 aliphatic heterocycles. The zero-order valence-electron chi connectivity index (χ0n) is 17.5. The van der Waals surface area contributed by atoms with Gasteiger partial charge in [0.15, 0.2) is 11.6 Å². The number of nitrogens with one attached hydrogen (secondary N) is 1. The van der Waals surface area contributed by atoms with Crippen LogP contribution in [-0.2, 0) is 0 Å². The van der Waals surface area contributed by atoms with Crippen LogP contribution in [0.3, 0.4) is 0 Å². The first kappa shape index (κ1) is 20.7. The SMILES string of the molecule is CCN1CCN(Oc2ccc(Nc3ncc(F)c(-c4ccc5ncsc5c4)n3)nc2)CC1. The molecule has 1 fully saturated rings. The lowest BCUT2D eigenvalue weighted by atomic mass is 10.1. The molecule has 5 rings (SSSR count). The van der Waals surface area contributed by atoms with Crippen LogP contribution in [0.2, 0.25) is 0 Å². The number of piperazine rings is 1. The first-order valence-electron chi connectivity index (χ1n) is 10.4. The highest BCUT2D eigenvalue weighted by Crippen LogP contribution is 2.27. The molecule has 1 saturated heterocycles. The summed E-state index contributed by atoms with van der Waals surface area (Å²) < 4.78 is 15.4. The van der Waals surface area contributed by atoms with E-state index >= 15 is 0 Å². The fraction of sp³-hybridized carbons (Fsp3) is 0.273. The van der Waals surface area contributed by atoms with Crippen LogP contribution in [0.15, 0.2) is 48.2 Å². The molecule has 0 bridgehead atoms. The number of fused-ring (bicyclic) bond motifs is 1. The van der Waals surface area contributed by atoms with Crippen molar-refractivity contribution in [2.45, 2.75) is 6.92 Å². The number of nitrogens with zero attached hydrogens (tertiary/aromatic N) is 6. The van der Waals surface area contributed by atoms with Gasteiger partial charge in [0.2, 0.25) is 5.95 Å². The number of hydroxylamine groups is 2. The second kappa shape index (κ2) is 9.11. The molecule has 0 spiro atoms. The molecule has 0 radical (unpaired) electrons. The Labute approximate surface area is 188 Å². The molecule has 10 heteroatoms. The third-order valence-corrected chi connectivity index (χ3v) is 6.13. The van der Waals surface area contributed by atoms with Crippen molar-refractivity contribution >= 4 is 33.3 Å². The van der Waals surface area contributed by atoms with Gasteiger partial charge in [-0.25, -0.2) is 24.3 Å². The van der Waals surface area contributed by atoms with Gasteiger partial charge in [-0.1, -0.05) is 13.0 Å². The number of halogens is 1. The van der Waals surface area contributed by atoms with E-state index in [0.29, 0.717) is 17.1 Å². The van der Waals surface area contributed by atoms with Crippen LogP contribution in [0.1, 0.15) is 6.92 Å². The highest BCUT2D eigenvalue weighted by Gasteiger charge is 2.17. The molecule has 1 aromatic carbocycles. The summed E-state index contributed by atoms with van der Waals surface area (Å²) in [6, 6.07) is 9.17. The van der Waals surface area contributed by atoms with E-state index in [1.165, 1.54) is 11.3 Å². The van der Waals surface area contributed by atoms with Crippen LogP contribution in [0.5, 0.6) is 5.75 Å². The number of pyridine rings is 1. The minimum absolute atomic E-state index is 0.226. The number of hydrogen-bond donors (Lipinski definition) is 1. The molecular weight excluding hydrogens is 429 g/mol. The van der Waals surface area contributed by atoms with E-state index in [2.05, 4.69) is 37.1 Å². The zero-order chi connectivity index (χ0) is 21.9. The standard InChI is InChI=1S/C22H22FN7OS/c1-2-29-7-9-30(10-8-29)31-16-4-6-20(24-12-16)27-22-25-13-17(23)21(28-22)15-3-5-18-19(11-15)32-14-26-18/h3-6,11-14H,2,7-10H2,1H3,(H,24,25,27,28). The molecule has 0 amide bonds. The number of likely N-dealkylation sites (N-methyl/N-ethyl adjacent to an activating group) is 1. The van der Waals surface area contributed by atoms with E-state index in [1.54, 1.807) is 17.8 Å². The summed E-state index contributed by atoms with van der Waals surface area (Å²) in [6.07, 6.45) is 2.81. The molecule has 4 aromatic rings. The molecule has 1 aliphatic rings. The van der Waals surface area contributed by atoms with Crippen molar-refractivity contribution in [3.63, 3.8) is 0 Å². The van der Waals surface area contributed by atoms with Crippen LogP contribution in [0.25, 0.3) is 21.5 Å². The van der Waals surface area contributed by atoms with Crippen molar-refractivity contribution in [1.82, 2.24) is 29.9 Å². The van der Waals surface area contributed by atoms with Gasteiger partial charge in [-0.15, -0.1) is 16.4 Å². The smallest absolute Gasteiger partial charge is 0.229 e. The number of rotatable bonds is 6. The summed E-state index contributed by atoms with van der Waals surface area (Å²) >= 11 is 1.50. The summed E-state index contributed by atoms with van der Waals surface area (Å²) in [5.41, 5.74) is 3.54. The van der Waals surface area contributed by atoms with Gasteiger partial charge < -0.3 is 15.1 Å². The van der Waals surface area contributed by atoms with E-state index in [9.17, 15) is 4.39 Å². The highest BCUT2D eigenvalue weighted by atomic mass is 32.1. The molecule has 8 nitrogen and oxygen atoms in total. The van der Waals surface area contributed by atoms with Crippen molar-refractivity contribution < 1.29 is 9.23 Å². The highest BCUT2D eigenvalue weighted by molar-refractivity contribution is 7.16. The molecule has 164 valence electrons. The van der Waals surface area contributed by atoms with E-state index in [4.69, 9.17) is 4.84 Å². The molecule has 0 aliphatic carbocycles. The Morgan fingerprint density at radius 3 is 2.72 bits per heavy atom. The summed E-state index contributed by atoms with van der Waals surface area (Å²) in [7, 11) is 0. The van der Waals surface area contributed by atoms with Crippen molar-refractivity contribution in [3.05, 3.63) is 54.1 Å². The average molecular weight is 452 g/mol. The average Bonchev–Trinajstić information content (AvgIpc) is 3.30. The summed E-state index contributed by atoms with van der Waals surface area (Å²) in [6.45, 7) is 6.91. The lowest BCUT2D eigenvalue weighted by molar-refractivity contribution is -0.0879. The lowest BCUT2D eigenvalue weighted by Crippen LogP contribution is -2.47. The van der Waals surface area contributed by atoms with Crippen molar-refractivity contribution in [2.75, 3.05) is 38.0 Å². The van der Waals surface area contributed by atoms with Crippen molar-refractivity contribution in [1.29, 1.82) is 0 Å². The van der Waals surface area contributed by atoms with Gasteiger partial charge in [0.1, 0.15) is 11.5 Å². The Bertz CT molecular complexity index is 1210. The number of hydrogen-bond acceptors (Lipinski definition) is 9. The minimum atomic E-state index is -0.487. The molecule has 3 aromatic heterocycles. The molecule has 1 N–H and O–H groups in total. The zero-order valence-corrected chi connectivity index (χ0v) is 18.3. The maximum atomic E-state index is 14.4. The van der Waals surface area contributed by atoms with E-state index in [0.717, 1.165) is 49.1 Å². The first-order valence-corrected chi connectivity index (χ1v) is 11.3. The molecule has 0 saturated carbocycles. The topological polar surface area (TPSA) is 79.3 Å². The van der Waals surface area contributed by atoms with Crippen LogP contribution in [-0.4, -0.2) is 62.6 Å². The van der Waals surface area contributed by atoms with Crippen molar-refractivity contribution in [2.24, 2.45) is 0 Å². The maximum absolute atomic E-state index is 14.4. The van der Waals surface area contributed by atoms with Crippen LogP contribution >= 0.6 is 11.3 Å². The molecule has 0 atom stereocenters. The van der Waals surface area contributed by atoms with E-state index in [-0.39, 0.29) is 11.6 Å². The van der Waals surface area contributed by atoms with Crippen LogP contribution < -0.4 is 10.2 Å². The summed E-state index contributed by atoms with van der Waals surface area (Å²) in [4.78, 5) is 25.3. The quantitative estimate of drug-likeness (QED) is 0.472. The Balaban J connectivity index is 1.27. The van der Waals surface area contributed by atoms with Crippen LogP contribution in [0.4, 0.5) is 16.2 Å². The first-order chi connectivity index (χ1) is 15.7. The van der Waals surface area contributed by atoms with Crippen LogP contribution in [0, 0.1) is 5.82 Å². The van der Waals surface area contributed by atoms with Gasteiger partial charge >= 0.3 is 0 Å². The molecule has 32 heavy (non-hydrogen) atoms. The third kappa shape index (κ3) is 4.52. The Hall–Kier alpha value is -3.21. The molecule has 0 unspecified atom stereocenters. The number of benzene rings is 1. The van der Waals surface area contributed by atoms with Gasteiger partial charge in [0.05, 0.1) is 28.1 Å². The molecule has 4 heterocycles. The normalized spacial score (nSPS) is 15.2. The minimum Gasteiger partial charge on any atom is -0.404 e. The Morgan fingerprint density at radius 1 is 1.06 bits per heavy atom. The predicted octanol–water partition coefficient (Wildman–Crippen LogP) is 3.96. The van der Waals surface area contributed by atoms with E-state index in [1.807, 2.05) is 29.3 Å². The van der Waals surface area contributed by atoms with Gasteiger partial charge in [0.25, 0.3) is 0 Å². The predicted molar refractivity (Wildman–Crippen MR) is 122 cm³/mol.